The summed E-state index contributed by atoms with van der Waals surface area (Å²) in [6.45, 7) is 9.69. The second-order valence-electron chi connectivity index (χ2n) is 22.4. The topological polar surface area (TPSA) is 219 Å². The number of pyridine rings is 1. The molecule has 18 nitrogen and oxygen atoms in total. The van der Waals surface area contributed by atoms with Crippen LogP contribution in [0.2, 0.25) is 0 Å². The number of aryl methyl sites for hydroxylation is 1. The van der Waals surface area contributed by atoms with Crippen molar-refractivity contribution in [2.75, 3.05) is 41.7 Å². The highest BCUT2D eigenvalue weighted by Gasteiger charge is 2.44. The molecule has 2 aromatic carbocycles. The smallest absolute Gasteiger partial charge is 0.274 e. The molecular formula is C59H72F2N12O6S. The molecule has 424 valence electrons. The number of hydrogen-bond acceptors (Lipinski definition) is 13. The molecule has 3 saturated heterocycles. The average molecular weight is 1120 g/mol. The zero-order chi connectivity index (χ0) is 56.5. The molecule has 0 spiro atoms. The molecule has 80 heavy (non-hydrogen) atoms. The highest BCUT2D eigenvalue weighted by molar-refractivity contribution is 7.13. The van der Waals surface area contributed by atoms with E-state index in [0.29, 0.717) is 61.9 Å². The van der Waals surface area contributed by atoms with Gasteiger partial charge >= 0.3 is 0 Å². The summed E-state index contributed by atoms with van der Waals surface area (Å²) >= 11 is 1.57. The van der Waals surface area contributed by atoms with Crippen LogP contribution >= 0.6 is 11.3 Å². The summed E-state index contributed by atoms with van der Waals surface area (Å²) in [5, 5.41) is 27.2. The van der Waals surface area contributed by atoms with Crippen LogP contribution in [0, 0.1) is 24.0 Å². The van der Waals surface area contributed by atoms with Crippen LogP contribution in [0.5, 0.6) is 0 Å². The number of carbonyl (C=O) groups is 5. The molecule has 4 atom stereocenters. The maximum absolute atomic E-state index is 14.8. The first-order valence-electron chi connectivity index (χ1n) is 27.9. The van der Waals surface area contributed by atoms with Crippen LogP contribution in [0.25, 0.3) is 16.1 Å². The van der Waals surface area contributed by atoms with Gasteiger partial charge in [0.15, 0.2) is 5.65 Å². The van der Waals surface area contributed by atoms with Gasteiger partial charge in [0.05, 0.1) is 34.4 Å². The van der Waals surface area contributed by atoms with Gasteiger partial charge in [0, 0.05) is 69.8 Å². The number of aliphatic hydroxyl groups excluding tert-OH is 1. The fraction of sp³-hybridized carbons (Fsp3) is 0.475. The van der Waals surface area contributed by atoms with Crippen LogP contribution in [0.15, 0.2) is 84.6 Å². The Morgan fingerprint density at radius 3 is 2.36 bits per heavy atom. The summed E-state index contributed by atoms with van der Waals surface area (Å²) in [6, 6.07) is 16.3. The highest BCUT2D eigenvalue weighted by atomic mass is 32.1. The number of aliphatic hydroxyl groups is 1. The van der Waals surface area contributed by atoms with Gasteiger partial charge in [-0.05, 0) is 98.4 Å². The molecule has 3 fully saturated rings. The summed E-state index contributed by atoms with van der Waals surface area (Å²) < 4.78 is 30.5. The van der Waals surface area contributed by atoms with E-state index < -0.39 is 41.1 Å². The Balaban J connectivity index is 0.653. The van der Waals surface area contributed by atoms with Crippen molar-refractivity contribution in [2.24, 2.45) is 5.41 Å². The lowest BCUT2D eigenvalue weighted by atomic mass is 9.85. The zero-order valence-corrected chi connectivity index (χ0v) is 46.7. The minimum atomic E-state index is -0.887. The summed E-state index contributed by atoms with van der Waals surface area (Å²) in [5.74, 6) is -1.16. The molecule has 21 heteroatoms. The minimum absolute atomic E-state index is 0.00811. The zero-order valence-electron chi connectivity index (χ0n) is 45.9. The number of hydrogen-bond donors (Lipinski definition) is 5. The third kappa shape index (κ3) is 14.1. The van der Waals surface area contributed by atoms with E-state index >= 15 is 0 Å². The molecule has 0 saturated carbocycles. The second-order valence-corrected chi connectivity index (χ2v) is 23.2. The Morgan fingerprint density at radius 2 is 1.62 bits per heavy atom. The molecule has 4 aromatic heterocycles. The number of likely N-dealkylation sites (tertiary alicyclic amines) is 2. The van der Waals surface area contributed by atoms with Crippen molar-refractivity contribution in [1.29, 1.82) is 0 Å². The van der Waals surface area contributed by atoms with E-state index in [2.05, 4.69) is 36.3 Å². The van der Waals surface area contributed by atoms with Crippen LogP contribution in [-0.4, -0.2) is 119 Å². The summed E-state index contributed by atoms with van der Waals surface area (Å²) in [6.07, 6.45) is 11.1. The first-order valence-corrected chi connectivity index (χ1v) is 28.8. The summed E-state index contributed by atoms with van der Waals surface area (Å²) in [7, 11) is 0. The Morgan fingerprint density at radius 1 is 0.875 bits per heavy atom. The summed E-state index contributed by atoms with van der Waals surface area (Å²) in [4.78, 5) is 87.6. The highest BCUT2D eigenvalue weighted by Crippen LogP contribution is 2.37. The first-order chi connectivity index (χ1) is 38.5. The molecule has 6 aromatic rings. The molecule has 5 N–H and O–H groups in total. The number of aromatic nitrogens is 5. The minimum Gasteiger partial charge on any atom is -0.391 e. The van der Waals surface area contributed by atoms with E-state index in [1.807, 2.05) is 67.3 Å². The normalized spacial score (nSPS) is 18.1. The third-order valence-electron chi connectivity index (χ3n) is 15.4. The van der Waals surface area contributed by atoms with Crippen molar-refractivity contribution in [3.63, 3.8) is 0 Å². The van der Waals surface area contributed by atoms with Crippen LogP contribution in [-0.2, 0) is 25.7 Å². The monoisotopic (exact) mass is 1110 g/mol. The van der Waals surface area contributed by atoms with Gasteiger partial charge in [-0.25, -0.2) is 28.2 Å². The van der Waals surface area contributed by atoms with E-state index in [0.717, 1.165) is 85.2 Å². The van der Waals surface area contributed by atoms with Crippen molar-refractivity contribution in [3.05, 3.63) is 119 Å². The predicted octanol–water partition coefficient (Wildman–Crippen LogP) is 8.76. The maximum atomic E-state index is 14.8. The number of thiazole rings is 1. The van der Waals surface area contributed by atoms with Crippen molar-refractivity contribution < 1.29 is 37.9 Å². The van der Waals surface area contributed by atoms with Crippen LogP contribution in [0.1, 0.15) is 138 Å². The Bertz CT molecular complexity index is 3160. The molecule has 3 aliphatic rings. The van der Waals surface area contributed by atoms with Gasteiger partial charge in [-0.3, -0.25) is 24.0 Å². The second kappa shape index (κ2) is 25.8. The number of amides is 5. The molecule has 5 amide bonds. The van der Waals surface area contributed by atoms with Gasteiger partial charge in [-0.1, -0.05) is 76.8 Å². The number of anilines is 3. The standard InChI is InChI=1S/C59H72F2N12O6S/c1-37-53(80-36-63-37)39-20-18-38(19-21-39)33-62-57(78)48-32-42(74)35-72(48)58(79)54(59(2,3)4)69-51(75)16-9-7-5-6-8-10-17-52(76)70-28-24-41(25-29-70)65-49-15-11-13-45(66-49)56(77)67-46-34-64-73-30-26-50(68-55(46)73)71-27-12-14-47(71)43-31-40(60)22-23-44(43)61/h11,13,15,18-23,26,30-31,34,36,41-42,47-48,54,74H,5-10,12,14,16-17,24-25,27-29,32-33,35H2,1-4H3,(H,62,78)(H,65,66)(H,67,77)(H,69,75)/t42-,47-,48+,54-/m1/s1. The van der Waals surface area contributed by atoms with Crippen LogP contribution < -0.4 is 26.2 Å². The number of halogens is 2. The van der Waals surface area contributed by atoms with E-state index in [1.54, 1.807) is 46.3 Å². The van der Waals surface area contributed by atoms with Crippen LogP contribution in [0.3, 0.4) is 0 Å². The van der Waals surface area contributed by atoms with E-state index in [1.165, 1.54) is 17.2 Å². The molecule has 0 aliphatic carbocycles. The number of nitrogens with zero attached hydrogens (tertiary/aromatic N) is 8. The van der Waals surface area contributed by atoms with Crippen molar-refractivity contribution in [2.45, 2.75) is 148 Å². The number of rotatable bonds is 21. The van der Waals surface area contributed by atoms with Gasteiger partial charge in [-0.2, -0.15) is 5.10 Å². The van der Waals surface area contributed by atoms with Crippen molar-refractivity contribution in [1.82, 2.24) is 45.0 Å². The lowest BCUT2D eigenvalue weighted by molar-refractivity contribution is -0.144. The van der Waals surface area contributed by atoms with E-state index in [9.17, 15) is 37.9 Å². The van der Waals surface area contributed by atoms with Gasteiger partial charge < -0.3 is 41.1 Å². The van der Waals surface area contributed by atoms with Crippen LogP contribution in [0.4, 0.5) is 26.1 Å². The van der Waals surface area contributed by atoms with Gasteiger partial charge in [0.2, 0.25) is 23.6 Å². The number of piperidine rings is 1. The molecule has 9 rings (SSSR count). The third-order valence-corrected chi connectivity index (χ3v) is 16.4. The largest absolute Gasteiger partial charge is 0.391 e. The summed E-state index contributed by atoms with van der Waals surface area (Å²) in [5.41, 5.74) is 5.32. The molecule has 7 heterocycles. The first kappa shape index (κ1) is 57.3. The lowest BCUT2D eigenvalue weighted by Crippen LogP contribution is -2.57. The molecular weight excluding hydrogens is 1040 g/mol. The Labute approximate surface area is 469 Å². The van der Waals surface area contributed by atoms with Gasteiger partial charge in [0.1, 0.15) is 46.7 Å². The van der Waals surface area contributed by atoms with E-state index in [4.69, 9.17) is 4.98 Å². The predicted molar refractivity (Wildman–Crippen MR) is 303 cm³/mol. The van der Waals surface area contributed by atoms with Crippen molar-refractivity contribution >= 4 is 63.8 Å². The number of β-amino-alcohol motifs (C(OH)–C–C–N with tert-alkyl or cyclic N) is 1. The molecule has 0 bridgehead atoms. The average Bonchev–Trinajstić information content (AvgIpc) is 4.31. The molecule has 0 radical (unpaired) electrons. The van der Waals surface area contributed by atoms with Gasteiger partial charge in [0.25, 0.3) is 5.91 Å². The SMILES string of the molecule is Cc1ncsc1-c1ccc(CNC(=O)[C@@H]2C[C@@H](O)CN2C(=O)[C@@H](NC(=O)CCCCCCCCC(=O)N2CCC(Nc3cccc(C(=O)Nc4cnn5ccc(N6CCC[C@@H]6c6cc(F)ccc6F)nc45)n3)CC2)C(C)(C)C)cc1. The maximum Gasteiger partial charge on any atom is 0.274 e. The number of unbranched alkanes of at least 4 members (excludes halogenated alkanes) is 5. The fourth-order valence-corrected chi connectivity index (χ4v) is 11.8. The quantitative estimate of drug-likeness (QED) is 0.0427. The molecule has 0 unspecified atom stereocenters. The van der Waals surface area contributed by atoms with Gasteiger partial charge in [-0.15, -0.1) is 11.3 Å². The van der Waals surface area contributed by atoms with E-state index in [-0.39, 0.29) is 72.9 Å². The number of benzene rings is 2. The Hall–Kier alpha value is -7.39. The lowest BCUT2D eigenvalue weighted by Gasteiger charge is -2.35. The Kier molecular flexibility index (Phi) is 18.5. The van der Waals surface area contributed by atoms with Crippen molar-refractivity contribution in [3.8, 4) is 10.4 Å². The number of fused-ring (bicyclic) bond motifs is 1. The molecule has 3 aliphatic heterocycles. The fourth-order valence-electron chi connectivity index (χ4n) is 11.0. The number of nitrogens with one attached hydrogen (secondary N) is 4. The number of carbonyl (C=O) groups excluding carboxylic acids is 5.